The van der Waals surface area contributed by atoms with Crippen LogP contribution < -0.4 is 0 Å². The Balaban J connectivity index is 2.36. The number of rotatable bonds is 3. The van der Waals surface area contributed by atoms with E-state index in [1.165, 1.54) is 6.08 Å². The second-order valence-electron chi connectivity index (χ2n) is 6.25. The molecule has 0 amide bonds. The molecule has 0 bridgehead atoms. The first kappa shape index (κ1) is 17.4. The van der Waals surface area contributed by atoms with Crippen molar-refractivity contribution >= 4 is 25.8 Å². The lowest BCUT2D eigenvalue weighted by molar-refractivity contribution is 0.00578. The minimum Gasteiger partial charge on any atom is -0.400 e. The van der Waals surface area contributed by atoms with Crippen molar-refractivity contribution in [1.29, 1.82) is 0 Å². The van der Waals surface area contributed by atoms with E-state index < -0.39 is 35.8 Å². The van der Waals surface area contributed by atoms with Crippen LogP contribution in [0.4, 0.5) is 13.2 Å². The molecular formula is C15H18BF3O2S. The molecule has 22 heavy (non-hydrogen) atoms. The molecule has 2 nitrogen and oxygen atoms in total. The minimum absolute atomic E-state index is 0.0716. The van der Waals surface area contributed by atoms with Crippen molar-refractivity contribution in [3.8, 4) is 0 Å². The normalized spacial score (nSPS) is 20.5. The van der Waals surface area contributed by atoms with Gasteiger partial charge < -0.3 is 9.31 Å². The fourth-order valence-electron chi connectivity index (χ4n) is 2.03. The summed E-state index contributed by atoms with van der Waals surface area (Å²) in [6.45, 7) is 7.56. The molecule has 0 aliphatic carbocycles. The Morgan fingerprint density at radius 1 is 1.05 bits per heavy atom. The van der Waals surface area contributed by atoms with E-state index in [-0.39, 0.29) is 11.3 Å². The van der Waals surface area contributed by atoms with Gasteiger partial charge in [-0.3, -0.25) is 0 Å². The highest BCUT2D eigenvalue weighted by Gasteiger charge is 2.52. The van der Waals surface area contributed by atoms with Gasteiger partial charge in [0.25, 0.3) is 0 Å². The van der Waals surface area contributed by atoms with Crippen LogP contribution in [-0.2, 0) is 9.31 Å². The first-order valence-corrected chi connectivity index (χ1v) is 7.52. The van der Waals surface area contributed by atoms with Crippen LogP contribution in [0.15, 0.2) is 17.6 Å². The summed E-state index contributed by atoms with van der Waals surface area (Å²) in [5, 5.41) is 0. The van der Waals surface area contributed by atoms with Gasteiger partial charge in [0.1, 0.15) is 5.82 Å². The summed E-state index contributed by atoms with van der Waals surface area (Å²) in [6, 6.07) is 1.32. The van der Waals surface area contributed by atoms with Crippen LogP contribution in [-0.4, -0.2) is 24.1 Å². The van der Waals surface area contributed by atoms with Crippen molar-refractivity contribution in [2.75, 3.05) is 5.75 Å². The molecule has 0 N–H and O–H groups in total. The van der Waals surface area contributed by atoms with Gasteiger partial charge in [-0.05, 0) is 39.2 Å². The second-order valence-corrected chi connectivity index (χ2v) is 6.57. The standard InChI is InChI=1S/C15H18BF3O2S/c1-14(2)15(3,4)21-16(20-14)10(8-22)5-9-6-12(18)13(19)7-11(9)17/h5-7,22H,8H2,1-4H3. The van der Waals surface area contributed by atoms with E-state index in [1.54, 1.807) is 0 Å². The van der Waals surface area contributed by atoms with Crippen LogP contribution >= 0.6 is 12.6 Å². The Hall–Kier alpha value is -0.915. The van der Waals surface area contributed by atoms with Crippen molar-refractivity contribution in [3.63, 3.8) is 0 Å². The number of halogens is 3. The molecule has 0 saturated carbocycles. The monoisotopic (exact) mass is 330 g/mol. The number of hydrogen-bond donors (Lipinski definition) is 1. The third kappa shape index (κ3) is 3.21. The van der Waals surface area contributed by atoms with Crippen LogP contribution in [0.5, 0.6) is 0 Å². The molecule has 7 heteroatoms. The molecule has 1 fully saturated rings. The van der Waals surface area contributed by atoms with Crippen LogP contribution in [0.3, 0.4) is 0 Å². The van der Waals surface area contributed by atoms with Gasteiger partial charge in [-0.25, -0.2) is 13.2 Å². The van der Waals surface area contributed by atoms with E-state index in [9.17, 15) is 13.2 Å². The minimum atomic E-state index is -1.22. The molecule has 0 unspecified atom stereocenters. The maximum atomic E-state index is 13.8. The van der Waals surface area contributed by atoms with Crippen molar-refractivity contribution < 1.29 is 22.5 Å². The second kappa shape index (κ2) is 5.94. The molecule has 1 aliphatic rings. The lowest BCUT2D eigenvalue weighted by Gasteiger charge is -2.32. The molecular weight excluding hydrogens is 312 g/mol. The molecule has 1 aromatic carbocycles. The Bertz CT molecular complexity index is 601. The molecule has 1 aliphatic heterocycles. The van der Waals surface area contributed by atoms with Crippen molar-refractivity contribution in [2.24, 2.45) is 0 Å². The fourth-order valence-corrected chi connectivity index (χ4v) is 2.27. The first-order chi connectivity index (χ1) is 10.1. The Morgan fingerprint density at radius 3 is 2.05 bits per heavy atom. The third-order valence-corrected chi connectivity index (χ3v) is 4.48. The van der Waals surface area contributed by atoms with E-state index in [4.69, 9.17) is 9.31 Å². The predicted octanol–water partition coefficient (Wildman–Crippen LogP) is 4.05. The molecule has 1 saturated heterocycles. The highest BCUT2D eigenvalue weighted by molar-refractivity contribution is 7.80. The summed E-state index contributed by atoms with van der Waals surface area (Å²) in [7, 11) is -0.713. The molecule has 1 aromatic rings. The van der Waals surface area contributed by atoms with E-state index >= 15 is 0 Å². The quantitative estimate of drug-likeness (QED) is 0.512. The molecule has 0 radical (unpaired) electrons. The molecule has 0 atom stereocenters. The van der Waals surface area contributed by atoms with Gasteiger partial charge in [-0.2, -0.15) is 12.6 Å². The zero-order valence-electron chi connectivity index (χ0n) is 12.9. The number of thiol groups is 1. The van der Waals surface area contributed by atoms with Gasteiger partial charge in [0.2, 0.25) is 0 Å². The zero-order valence-corrected chi connectivity index (χ0v) is 13.8. The average Bonchev–Trinajstić information content (AvgIpc) is 2.61. The van der Waals surface area contributed by atoms with Gasteiger partial charge in [0.15, 0.2) is 11.6 Å². The lowest BCUT2D eigenvalue weighted by Crippen LogP contribution is -2.41. The lowest BCUT2D eigenvalue weighted by atomic mass is 9.78. The van der Waals surface area contributed by atoms with E-state index in [0.717, 1.165) is 6.07 Å². The van der Waals surface area contributed by atoms with E-state index in [1.807, 2.05) is 27.7 Å². The van der Waals surface area contributed by atoms with Crippen molar-refractivity contribution in [3.05, 3.63) is 40.6 Å². The first-order valence-electron chi connectivity index (χ1n) is 6.89. The highest BCUT2D eigenvalue weighted by Crippen LogP contribution is 2.39. The molecule has 0 spiro atoms. The molecule has 2 rings (SSSR count). The molecule has 1 heterocycles. The predicted molar refractivity (Wildman–Crippen MR) is 84.2 cm³/mol. The van der Waals surface area contributed by atoms with Crippen LogP contribution in [0.25, 0.3) is 6.08 Å². The summed E-state index contributed by atoms with van der Waals surface area (Å²) in [5.41, 5.74) is -0.636. The Kier molecular flexibility index (Phi) is 4.71. The zero-order chi connectivity index (χ0) is 16.7. The van der Waals surface area contributed by atoms with Crippen LogP contribution in [0.1, 0.15) is 33.3 Å². The van der Waals surface area contributed by atoms with Gasteiger partial charge in [-0.15, -0.1) is 0 Å². The summed E-state index contributed by atoms with van der Waals surface area (Å²) in [5.74, 6) is -2.96. The van der Waals surface area contributed by atoms with Crippen LogP contribution in [0, 0.1) is 17.5 Å². The maximum Gasteiger partial charge on any atom is 0.491 e. The molecule has 0 aromatic heterocycles. The Labute approximate surface area is 134 Å². The third-order valence-electron chi connectivity index (χ3n) is 4.12. The average molecular weight is 330 g/mol. The maximum absolute atomic E-state index is 13.8. The summed E-state index contributed by atoms with van der Waals surface area (Å²) < 4.78 is 51.7. The van der Waals surface area contributed by atoms with Gasteiger partial charge >= 0.3 is 7.12 Å². The number of hydrogen-bond acceptors (Lipinski definition) is 3. The van der Waals surface area contributed by atoms with E-state index in [0.29, 0.717) is 11.5 Å². The van der Waals surface area contributed by atoms with Gasteiger partial charge in [0.05, 0.1) is 11.2 Å². The fraction of sp³-hybridized carbons (Fsp3) is 0.467. The van der Waals surface area contributed by atoms with E-state index in [2.05, 4.69) is 12.6 Å². The summed E-state index contributed by atoms with van der Waals surface area (Å²) >= 11 is 4.20. The largest absolute Gasteiger partial charge is 0.491 e. The van der Waals surface area contributed by atoms with Gasteiger partial charge in [-0.1, -0.05) is 6.08 Å². The van der Waals surface area contributed by atoms with Gasteiger partial charge in [0, 0.05) is 17.4 Å². The summed E-state index contributed by atoms with van der Waals surface area (Å²) in [4.78, 5) is 0. The smallest absolute Gasteiger partial charge is 0.400 e. The number of benzene rings is 1. The topological polar surface area (TPSA) is 18.5 Å². The SMILES string of the molecule is CC1(C)OB(C(=Cc2cc(F)c(F)cc2F)CS)OC1(C)C. The van der Waals surface area contributed by atoms with Crippen molar-refractivity contribution in [2.45, 2.75) is 38.9 Å². The van der Waals surface area contributed by atoms with Crippen molar-refractivity contribution in [1.82, 2.24) is 0 Å². The Morgan fingerprint density at radius 2 is 1.55 bits per heavy atom. The molecule has 120 valence electrons. The van der Waals surface area contributed by atoms with Crippen LogP contribution in [0.2, 0.25) is 0 Å². The highest BCUT2D eigenvalue weighted by atomic mass is 32.1. The summed E-state index contributed by atoms with van der Waals surface area (Å²) in [6.07, 6.45) is 1.38.